The van der Waals surface area contributed by atoms with E-state index in [9.17, 15) is 0 Å². The Kier molecular flexibility index (Phi) is 5.85. The molecule has 0 aliphatic heterocycles. The summed E-state index contributed by atoms with van der Waals surface area (Å²) in [6.45, 7) is 2.11. The van der Waals surface area contributed by atoms with E-state index in [1.807, 2.05) is 12.1 Å². The van der Waals surface area contributed by atoms with E-state index < -0.39 is 0 Å². The molecule has 1 unspecified atom stereocenters. The Labute approximate surface area is 143 Å². The summed E-state index contributed by atoms with van der Waals surface area (Å²) in [5.74, 6) is 0.756. The average molecular weight is 387 g/mol. The largest absolute Gasteiger partial charge is 0.493 e. The first-order valence-electron chi connectivity index (χ1n) is 6.48. The Hall–Kier alpha value is -0.840. The van der Waals surface area contributed by atoms with Gasteiger partial charge in [0.05, 0.1) is 17.3 Å². The van der Waals surface area contributed by atoms with Crippen LogP contribution in [0.5, 0.6) is 5.75 Å². The van der Waals surface area contributed by atoms with Crippen molar-refractivity contribution in [3.05, 3.63) is 51.5 Å². The first-order chi connectivity index (χ1) is 10.0. The van der Waals surface area contributed by atoms with E-state index in [2.05, 4.69) is 58.7 Å². The summed E-state index contributed by atoms with van der Waals surface area (Å²) in [5.41, 5.74) is 2.09. The molecule has 2 aromatic carbocycles. The van der Waals surface area contributed by atoms with Crippen LogP contribution in [0.4, 0.5) is 5.69 Å². The Bertz CT molecular complexity index is 618. The van der Waals surface area contributed by atoms with Crippen LogP contribution >= 0.6 is 39.3 Å². The molecular weight excluding hydrogens is 370 g/mol. The predicted molar refractivity (Wildman–Crippen MR) is 96.0 cm³/mol. The van der Waals surface area contributed by atoms with Crippen molar-refractivity contribution in [2.75, 3.05) is 18.7 Å². The summed E-state index contributed by atoms with van der Waals surface area (Å²) in [4.78, 5) is 1.26. The summed E-state index contributed by atoms with van der Waals surface area (Å²) >= 11 is 11.3. The zero-order valence-electron chi connectivity index (χ0n) is 12.1. The lowest BCUT2D eigenvalue weighted by molar-refractivity contribution is 0.413. The smallest absolute Gasteiger partial charge is 0.156 e. The molecule has 21 heavy (non-hydrogen) atoms. The van der Waals surface area contributed by atoms with Crippen molar-refractivity contribution in [2.45, 2.75) is 17.9 Å². The molecule has 0 heterocycles. The highest BCUT2D eigenvalue weighted by atomic mass is 79.9. The second kappa shape index (κ2) is 7.43. The third-order valence-corrected chi connectivity index (χ3v) is 4.75. The van der Waals surface area contributed by atoms with Crippen LogP contribution < -0.4 is 10.1 Å². The number of thioether (sulfide) groups is 1. The van der Waals surface area contributed by atoms with Crippen molar-refractivity contribution in [3.63, 3.8) is 0 Å². The van der Waals surface area contributed by atoms with Gasteiger partial charge in [-0.3, -0.25) is 0 Å². The van der Waals surface area contributed by atoms with E-state index in [0.29, 0.717) is 5.02 Å². The molecule has 2 rings (SSSR count). The van der Waals surface area contributed by atoms with Crippen molar-refractivity contribution in [2.24, 2.45) is 0 Å². The maximum absolute atomic E-state index is 6.12. The molecule has 0 aliphatic carbocycles. The van der Waals surface area contributed by atoms with Crippen molar-refractivity contribution in [3.8, 4) is 5.75 Å². The molecule has 112 valence electrons. The van der Waals surface area contributed by atoms with Crippen LogP contribution in [0.3, 0.4) is 0 Å². The van der Waals surface area contributed by atoms with Crippen LogP contribution in [-0.4, -0.2) is 13.4 Å². The van der Waals surface area contributed by atoms with Crippen LogP contribution in [0.15, 0.2) is 45.8 Å². The van der Waals surface area contributed by atoms with E-state index >= 15 is 0 Å². The zero-order chi connectivity index (χ0) is 15.4. The highest BCUT2D eigenvalue weighted by Gasteiger charge is 2.13. The first-order valence-corrected chi connectivity index (χ1v) is 8.88. The number of benzene rings is 2. The Balaban J connectivity index is 2.24. The van der Waals surface area contributed by atoms with Crippen molar-refractivity contribution in [1.29, 1.82) is 0 Å². The highest BCUT2D eigenvalue weighted by Crippen LogP contribution is 2.38. The molecule has 0 saturated carbocycles. The van der Waals surface area contributed by atoms with Gasteiger partial charge in [-0.15, -0.1) is 11.8 Å². The number of hydrogen-bond donors (Lipinski definition) is 1. The molecule has 0 aliphatic rings. The van der Waals surface area contributed by atoms with Crippen molar-refractivity contribution < 1.29 is 4.74 Å². The van der Waals surface area contributed by atoms with Gasteiger partial charge < -0.3 is 10.1 Å². The summed E-state index contributed by atoms with van der Waals surface area (Å²) < 4.78 is 6.27. The molecule has 1 atom stereocenters. The van der Waals surface area contributed by atoms with Gasteiger partial charge in [0.25, 0.3) is 0 Å². The fourth-order valence-corrected chi connectivity index (χ4v) is 3.46. The second-order valence-electron chi connectivity index (χ2n) is 4.61. The molecule has 0 fully saturated rings. The van der Waals surface area contributed by atoms with E-state index in [1.165, 1.54) is 10.5 Å². The van der Waals surface area contributed by atoms with Crippen molar-refractivity contribution in [1.82, 2.24) is 0 Å². The van der Waals surface area contributed by atoms with E-state index in [4.69, 9.17) is 16.3 Å². The normalized spacial score (nSPS) is 12.0. The average Bonchev–Trinajstić information content (AvgIpc) is 2.47. The third-order valence-electron chi connectivity index (χ3n) is 3.20. The molecule has 2 nitrogen and oxygen atoms in total. The summed E-state index contributed by atoms with van der Waals surface area (Å²) in [7, 11) is 1.65. The number of rotatable bonds is 5. The second-order valence-corrected chi connectivity index (χ2v) is 6.78. The van der Waals surface area contributed by atoms with Crippen LogP contribution in [0.25, 0.3) is 0 Å². The van der Waals surface area contributed by atoms with Gasteiger partial charge in [-0.2, -0.15) is 0 Å². The number of anilines is 1. The quantitative estimate of drug-likeness (QED) is 0.636. The lowest BCUT2D eigenvalue weighted by atomic mass is 10.1. The first kappa shape index (κ1) is 16.5. The topological polar surface area (TPSA) is 21.3 Å². The minimum Gasteiger partial charge on any atom is -0.493 e. The van der Waals surface area contributed by atoms with E-state index in [-0.39, 0.29) is 6.04 Å². The van der Waals surface area contributed by atoms with E-state index in [0.717, 1.165) is 15.9 Å². The third kappa shape index (κ3) is 4.09. The zero-order valence-corrected chi connectivity index (χ0v) is 15.3. The molecule has 1 N–H and O–H groups in total. The standard InChI is InChI=1S/C16H17BrClNOS/c1-10(11-4-6-13(21-3)7-5-11)19-15-9-12(18)8-14(17)16(15)20-2/h4-10,19H,1-3H3. The summed E-state index contributed by atoms with van der Waals surface area (Å²) in [6.07, 6.45) is 2.07. The number of methoxy groups -OCH3 is 1. The lowest BCUT2D eigenvalue weighted by Gasteiger charge is -2.19. The van der Waals surface area contributed by atoms with Crippen LogP contribution in [-0.2, 0) is 0 Å². The van der Waals surface area contributed by atoms with Crippen molar-refractivity contribution >= 4 is 45.0 Å². The fourth-order valence-electron chi connectivity index (χ4n) is 2.08. The Morgan fingerprint density at radius 1 is 1.24 bits per heavy atom. The number of nitrogens with one attached hydrogen (secondary N) is 1. The molecule has 2 aromatic rings. The van der Waals surface area contributed by atoms with Gasteiger partial charge in [0.15, 0.2) is 5.75 Å². The molecule has 0 radical (unpaired) electrons. The minimum absolute atomic E-state index is 0.153. The molecule has 0 aromatic heterocycles. The van der Waals surface area contributed by atoms with Gasteiger partial charge in [0.2, 0.25) is 0 Å². The predicted octanol–water partition coefficient (Wildman–Crippen LogP) is 6.01. The highest BCUT2D eigenvalue weighted by molar-refractivity contribution is 9.10. The molecule has 5 heteroatoms. The minimum atomic E-state index is 0.153. The summed E-state index contributed by atoms with van der Waals surface area (Å²) in [6, 6.07) is 12.4. The lowest BCUT2D eigenvalue weighted by Crippen LogP contribution is -2.08. The van der Waals surface area contributed by atoms with Gasteiger partial charge in [-0.05, 0) is 58.9 Å². The van der Waals surface area contributed by atoms with Gasteiger partial charge in [0, 0.05) is 16.0 Å². The van der Waals surface area contributed by atoms with Gasteiger partial charge in [-0.1, -0.05) is 23.7 Å². The van der Waals surface area contributed by atoms with E-state index in [1.54, 1.807) is 18.9 Å². The molecular formula is C16H17BrClNOS. The molecule has 0 amide bonds. The maximum atomic E-state index is 6.12. The van der Waals surface area contributed by atoms with Crippen LogP contribution in [0.1, 0.15) is 18.5 Å². The fraction of sp³-hybridized carbons (Fsp3) is 0.250. The Morgan fingerprint density at radius 3 is 2.48 bits per heavy atom. The molecule has 0 spiro atoms. The maximum Gasteiger partial charge on any atom is 0.156 e. The number of halogens is 2. The van der Waals surface area contributed by atoms with Gasteiger partial charge in [0.1, 0.15) is 0 Å². The number of ether oxygens (including phenoxy) is 1. The number of hydrogen-bond acceptors (Lipinski definition) is 3. The molecule has 0 bridgehead atoms. The monoisotopic (exact) mass is 385 g/mol. The molecule has 0 saturated heterocycles. The Morgan fingerprint density at radius 2 is 1.90 bits per heavy atom. The van der Waals surface area contributed by atoms with Gasteiger partial charge in [-0.25, -0.2) is 0 Å². The SMILES string of the molecule is COc1c(Br)cc(Cl)cc1NC(C)c1ccc(SC)cc1. The summed E-state index contributed by atoms with van der Waals surface area (Å²) in [5, 5.41) is 4.11. The van der Waals surface area contributed by atoms with Gasteiger partial charge >= 0.3 is 0 Å². The van der Waals surface area contributed by atoms with Crippen LogP contribution in [0, 0.1) is 0 Å². The van der Waals surface area contributed by atoms with Crippen LogP contribution in [0.2, 0.25) is 5.02 Å².